The molecule has 1 unspecified atom stereocenters. The number of hydrogen-bond donors (Lipinski definition) is 2. The molecule has 0 aromatic heterocycles. The number of Topliss-reactive ketones (excluding diaryl/α,β-unsaturated/α-hetero) is 2. The van der Waals surface area contributed by atoms with Gasteiger partial charge in [-0.15, -0.1) is 0 Å². The van der Waals surface area contributed by atoms with Gasteiger partial charge in [0.2, 0.25) is 17.2 Å². The molecule has 1 aliphatic heterocycles. The van der Waals surface area contributed by atoms with E-state index in [9.17, 15) is 14.7 Å². The molecule has 1 heterocycles. The van der Waals surface area contributed by atoms with Gasteiger partial charge in [0.25, 0.3) is 0 Å². The second-order valence-electron chi connectivity index (χ2n) is 6.04. The second-order valence-corrected chi connectivity index (χ2v) is 6.04. The third kappa shape index (κ3) is 1.56. The topological polar surface area (TPSA) is 66.4 Å². The number of nitrogens with one attached hydrogen (secondary N) is 1. The lowest BCUT2D eigenvalue weighted by Crippen LogP contribution is -2.38. The van der Waals surface area contributed by atoms with E-state index < -0.39 is 17.2 Å². The van der Waals surface area contributed by atoms with Crippen molar-refractivity contribution in [1.82, 2.24) is 0 Å². The van der Waals surface area contributed by atoms with Gasteiger partial charge >= 0.3 is 0 Å². The number of benzene rings is 2. The molecule has 110 valence electrons. The highest BCUT2D eigenvalue weighted by Crippen LogP contribution is 2.39. The lowest BCUT2D eigenvalue weighted by molar-refractivity contribution is 0.0321. The van der Waals surface area contributed by atoms with Crippen molar-refractivity contribution in [3.63, 3.8) is 0 Å². The highest BCUT2D eigenvalue weighted by atomic mass is 16.3. The average Bonchev–Trinajstić information content (AvgIpc) is 2.99. The number of aliphatic hydroxyl groups is 1. The van der Waals surface area contributed by atoms with E-state index in [0.29, 0.717) is 22.7 Å². The fourth-order valence-corrected chi connectivity index (χ4v) is 3.41. The van der Waals surface area contributed by atoms with Crippen molar-refractivity contribution in [2.45, 2.75) is 25.0 Å². The maximum absolute atomic E-state index is 12.6. The van der Waals surface area contributed by atoms with Gasteiger partial charge in [0.05, 0.1) is 0 Å². The van der Waals surface area contributed by atoms with Crippen LogP contribution in [0, 0.1) is 0 Å². The molecule has 0 radical (unpaired) electrons. The summed E-state index contributed by atoms with van der Waals surface area (Å²) in [5, 5.41) is 14.2. The Morgan fingerprint density at radius 3 is 2.36 bits per heavy atom. The summed E-state index contributed by atoms with van der Waals surface area (Å²) in [7, 11) is 0. The maximum Gasteiger partial charge on any atom is 0.216 e. The maximum atomic E-state index is 12.6. The van der Waals surface area contributed by atoms with Gasteiger partial charge < -0.3 is 10.4 Å². The van der Waals surface area contributed by atoms with Gasteiger partial charge in [-0.2, -0.15) is 0 Å². The van der Waals surface area contributed by atoms with Gasteiger partial charge in [-0.05, 0) is 36.6 Å². The standard InChI is InChI=1S/C18H15NO3/c1-10-8-11-9-12(6-7-15(11)19-10)18(22)16(20)13-4-2-3-5-14(13)17(18)21/h2-7,9-10,19,22H,8H2,1H3. The Morgan fingerprint density at radius 2 is 1.73 bits per heavy atom. The first-order valence-electron chi connectivity index (χ1n) is 7.33. The average molecular weight is 293 g/mol. The van der Waals surface area contributed by atoms with Crippen LogP contribution < -0.4 is 5.32 Å². The molecule has 2 aromatic rings. The zero-order valence-corrected chi connectivity index (χ0v) is 12.1. The van der Waals surface area contributed by atoms with Gasteiger partial charge in [0, 0.05) is 22.9 Å². The summed E-state index contributed by atoms with van der Waals surface area (Å²) in [6.45, 7) is 2.07. The van der Waals surface area contributed by atoms with E-state index in [1.165, 1.54) is 0 Å². The Bertz CT molecular complexity index is 790. The molecule has 4 heteroatoms. The van der Waals surface area contributed by atoms with Crippen LogP contribution in [-0.4, -0.2) is 22.7 Å². The molecule has 0 bridgehead atoms. The number of rotatable bonds is 1. The molecule has 4 nitrogen and oxygen atoms in total. The number of hydrogen-bond acceptors (Lipinski definition) is 4. The molecule has 0 amide bonds. The van der Waals surface area contributed by atoms with E-state index in [0.717, 1.165) is 17.7 Å². The van der Waals surface area contributed by atoms with Crippen LogP contribution in [-0.2, 0) is 12.0 Å². The van der Waals surface area contributed by atoms with E-state index in [1.54, 1.807) is 36.4 Å². The molecule has 0 saturated carbocycles. The van der Waals surface area contributed by atoms with Gasteiger partial charge in [0.15, 0.2) is 0 Å². The third-order valence-electron chi connectivity index (χ3n) is 4.52. The van der Waals surface area contributed by atoms with Gasteiger partial charge in [-0.3, -0.25) is 9.59 Å². The van der Waals surface area contributed by atoms with Crippen molar-refractivity contribution < 1.29 is 14.7 Å². The molecule has 0 fully saturated rings. The van der Waals surface area contributed by atoms with Gasteiger partial charge in [0.1, 0.15) is 0 Å². The van der Waals surface area contributed by atoms with Crippen LogP contribution in [0.5, 0.6) is 0 Å². The van der Waals surface area contributed by atoms with E-state index in [1.807, 2.05) is 6.07 Å². The van der Waals surface area contributed by atoms with Crippen LogP contribution in [0.1, 0.15) is 38.8 Å². The number of carbonyl (C=O) groups excluding carboxylic acids is 2. The molecule has 2 aliphatic rings. The van der Waals surface area contributed by atoms with Crippen molar-refractivity contribution in [2.24, 2.45) is 0 Å². The highest BCUT2D eigenvalue weighted by molar-refractivity contribution is 6.31. The predicted octanol–water partition coefficient (Wildman–Crippen LogP) is 2.31. The number of carbonyl (C=O) groups is 2. The van der Waals surface area contributed by atoms with Gasteiger partial charge in [-0.1, -0.05) is 30.3 Å². The second kappa shape index (κ2) is 4.27. The van der Waals surface area contributed by atoms with Crippen LogP contribution in [0.25, 0.3) is 0 Å². The minimum atomic E-state index is -2.09. The minimum absolute atomic E-state index is 0.294. The minimum Gasteiger partial charge on any atom is -0.382 e. The van der Waals surface area contributed by atoms with Crippen LogP contribution >= 0.6 is 0 Å². The summed E-state index contributed by atoms with van der Waals surface area (Å²) >= 11 is 0. The third-order valence-corrected chi connectivity index (χ3v) is 4.52. The monoisotopic (exact) mass is 293 g/mol. The first kappa shape index (κ1) is 13.2. The van der Waals surface area contributed by atoms with E-state index >= 15 is 0 Å². The van der Waals surface area contributed by atoms with Crippen molar-refractivity contribution >= 4 is 17.3 Å². The lowest BCUT2D eigenvalue weighted by atomic mass is 9.87. The summed E-state index contributed by atoms with van der Waals surface area (Å²) in [5.41, 5.74) is 0.868. The first-order chi connectivity index (χ1) is 10.5. The first-order valence-corrected chi connectivity index (χ1v) is 7.33. The quantitative estimate of drug-likeness (QED) is 0.792. The van der Waals surface area contributed by atoms with Crippen molar-refractivity contribution in [3.05, 3.63) is 64.7 Å². The van der Waals surface area contributed by atoms with Crippen LogP contribution in [0.3, 0.4) is 0 Å². The Balaban J connectivity index is 1.85. The molecule has 22 heavy (non-hydrogen) atoms. The summed E-state index contributed by atoms with van der Waals surface area (Å²) in [6.07, 6.45) is 0.814. The molecule has 2 N–H and O–H groups in total. The lowest BCUT2D eigenvalue weighted by Gasteiger charge is -2.20. The summed E-state index contributed by atoms with van der Waals surface area (Å²) in [4.78, 5) is 25.2. The zero-order valence-electron chi connectivity index (χ0n) is 12.1. The van der Waals surface area contributed by atoms with Crippen LogP contribution in [0.4, 0.5) is 5.69 Å². The Labute approximate surface area is 127 Å². The fourth-order valence-electron chi connectivity index (χ4n) is 3.41. The summed E-state index contributed by atoms with van der Waals surface area (Å²) in [6, 6.07) is 12.1. The SMILES string of the molecule is CC1Cc2cc(C3(O)C(=O)c4ccccc4C3=O)ccc2N1. The van der Waals surface area contributed by atoms with Crippen molar-refractivity contribution in [1.29, 1.82) is 0 Å². The fraction of sp³-hybridized carbons (Fsp3) is 0.222. The molecular formula is C18H15NO3. The zero-order chi connectivity index (χ0) is 15.5. The Morgan fingerprint density at radius 1 is 1.09 bits per heavy atom. The highest BCUT2D eigenvalue weighted by Gasteiger charge is 2.53. The molecule has 0 spiro atoms. The van der Waals surface area contributed by atoms with E-state index in [2.05, 4.69) is 12.2 Å². The predicted molar refractivity (Wildman–Crippen MR) is 82.2 cm³/mol. The smallest absolute Gasteiger partial charge is 0.216 e. The Hall–Kier alpha value is -2.46. The molecule has 2 aromatic carbocycles. The molecule has 1 atom stereocenters. The summed E-state index contributed by atoms with van der Waals surface area (Å²) in [5.74, 6) is -1.07. The normalized spacial score (nSPS) is 21.5. The van der Waals surface area contributed by atoms with Crippen molar-refractivity contribution in [2.75, 3.05) is 5.32 Å². The Kier molecular flexibility index (Phi) is 2.57. The van der Waals surface area contributed by atoms with Crippen LogP contribution in [0.15, 0.2) is 42.5 Å². The number of ketones is 2. The summed E-state index contributed by atoms with van der Waals surface area (Å²) < 4.78 is 0. The largest absolute Gasteiger partial charge is 0.382 e. The number of anilines is 1. The van der Waals surface area contributed by atoms with Crippen LogP contribution in [0.2, 0.25) is 0 Å². The van der Waals surface area contributed by atoms with Gasteiger partial charge in [-0.25, -0.2) is 0 Å². The number of fused-ring (bicyclic) bond motifs is 2. The molecule has 1 aliphatic carbocycles. The molecular weight excluding hydrogens is 278 g/mol. The molecule has 4 rings (SSSR count). The van der Waals surface area contributed by atoms with E-state index in [4.69, 9.17) is 0 Å². The van der Waals surface area contributed by atoms with E-state index in [-0.39, 0.29) is 0 Å². The van der Waals surface area contributed by atoms with Crippen molar-refractivity contribution in [3.8, 4) is 0 Å². The molecule has 0 saturated heterocycles.